The van der Waals surface area contributed by atoms with E-state index < -0.39 is 18.0 Å². The van der Waals surface area contributed by atoms with E-state index in [0.717, 1.165) is 17.7 Å². The van der Waals surface area contributed by atoms with Crippen molar-refractivity contribution >= 4 is 34.6 Å². The van der Waals surface area contributed by atoms with Crippen LogP contribution in [-0.2, 0) is 16.0 Å². The van der Waals surface area contributed by atoms with Crippen LogP contribution >= 0.6 is 11.3 Å². The van der Waals surface area contributed by atoms with E-state index in [0.29, 0.717) is 17.0 Å². The molecule has 1 heterocycles. The molecule has 0 aliphatic carbocycles. The molecule has 0 unspecified atom stereocenters. The van der Waals surface area contributed by atoms with Gasteiger partial charge in [0.1, 0.15) is 6.29 Å². The number of nitrogens with zero attached hydrogens (tertiary/aromatic N) is 1. The smallest absolute Gasteiger partial charge is 0.338 e. The van der Waals surface area contributed by atoms with E-state index >= 15 is 0 Å². The number of thiazole rings is 1. The number of benzene rings is 2. The number of carbonyl (C=O) groups is 3. The number of rotatable bonds is 7. The van der Waals surface area contributed by atoms with Gasteiger partial charge in [-0.3, -0.25) is 14.9 Å². The van der Waals surface area contributed by atoms with Crippen LogP contribution < -0.4 is 5.32 Å². The van der Waals surface area contributed by atoms with E-state index in [-0.39, 0.29) is 5.56 Å². The third-order valence-electron chi connectivity index (χ3n) is 4.33. The molecule has 148 valence electrons. The lowest BCUT2D eigenvalue weighted by Gasteiger charge is -2.12. The van der Waals surface area contributed by atoms with Crippen LogP contribution in [0.25, 0.3) is 11.3 Å². The van der Waals surface area contributed by atoms with Crippen LogP contribution in [0.5, 0.6) is 0 Å². The van der Waals surface area contributed by atoms with E-state index in [1.165, 1.54) is 48.1 Å². The molecule has 0 saturated heterocycles. The Hall–Kier alpha value is -3.32. The lowest BCUT2D eigenvalue weighted by atomic mass is 10.1. The topological polar surface area (TPSA) is 85.4 Å². The van der Waals surface area contributed by atoms with Crippen molar-refractivity contribution in [2.75, 3.05) is 5.32 Å². The quantitative estimate of drug-likeness (QED) is 0.463. The number of nitrogens with one attached hydrogen (secondary N) is 1. The number of aryl methyl sites for hydroxylation is 1. The Morgan fingerprint density at radius 1 is 1.14 bits per heavy atom. The lowest BCUT2D eigenvalue weighted by molar-refractivity contribution is -0.123. The van der Waals surface area contributed by atoms with E-state index in [9.17, 15) is 14.4 Å². The van der Waals surface area contributed by atoms with Gasteiger partial charge in [0.25, 0.3) is 5.91 Å². The normalized spacial score (nSPS) is 11.5. The van der Waals surface area contributed by atoms with Gasteiger partial charge >= 0.3 is 5.97 Å². The van der Waals surface area contributed by atoms with Crippen molar-refractivity contribution < 1.29 is 19.1 Å². The highest BCUT2D eigenvalue weighted by Crippen LogP contribution is 2.25. The zero-order valence-corrected chi connectivity index (χ0v) is 16.9. The minimum Gasteiger partial charge on any atom is -0.449 e. The number of anilines is 1. The molecule has 7 heteroatoms. The van der Waals surface area contributed by atoms with Gasteiger partial charge in [-0.2, -0.15) is 0 Å². The van der Waals surface area contributed by atoms with Crippen molar-refractivity contribution in [2.24, 2.45) is 0 Å². The number of aromatic nitrogens is 1. The summed E-state index contributed by atoms with van der Waals surface area (Å²) in [6, 6.07) is 14.1. The number of esters is 1. The molecule has 0 radical (unpaired) electrons. The summed E-state index contributed by atoms with van der Waals surface area (Å²) >= 11 is 1.30. The second kappa shape index (κ2) is 9.25. The van der Waals surface area contributed by atoms with E-state index in [4.69, 9.17) is 4.74 Å². The van der Waals surface area contributed by atoms with E-state index in [1.807, 2.05) is 17.5 Å². The molecular formula is C22H20N2O4S. The molecule has 6 nitrogen and oxygen atoms in total. The Bertz CT molecular complexity index is 1010. The first kappa shape index (κ1) is 20.4. The van der Waals surface area contributed by atoms with Crippen LogP contribution in [0.2, 0.25) is 0 Å². The van der Waals surface area contributed by atoms with Crippen molar-refractivity contribution in [2.45, 2.75) is 26.4 Å². The summed E-state index contributed by atoms with van der Waals surface area (Å²) < 4.78 is 5.20. The summed E-state index contributed by atoms with van der Waals surface area (Å²) in [5.41, 5.74) is 3.71. The monoisotopic (exact) mass is 408 g/mol. The van der Waals surface area contributed by atoms with Gasteiger partial charge in [-0.25, -0.2) is 9.78 Å². The Balaban J connectivity index is 1.59. The molecule has 1 atom stereocenters. The first-order chi connectivity index (χ1) is 14.0. The third-order valence-corrected chi connectivity index (χ3v) is 5.09. The molecule has 1 amide bonds. The highest BCUT2D eigenvalue weighted by Gasteiger charge is 2.20. The minimum absolute atomic E-state index is 0.266. The summed E-state index contributed by atoms with van der Waals surface area (Å²) in [5, 5.41) is 4.97. The molecule has 0 fully saturated rings. The van der Waals surface area contributed by atoms with Crippen LogP contribution in [0.1, 0.15) is 40.1 Å². The fraction of sp³-hybridized carbons (Fsp3) is 0.182. The SMILES string of the molecule is CCc1ccc(-c2csc(NC(=O)[C@@H](C)OC(=O)c3ccc(C=O)cc3)n2)cc1. The van der Waals surface area contributed by atoms with Crippen LogP contribution in [0.4, 0.5) is 5.13 Å². The fourth-order valence-corrected chi connectivity index (χ4v) is 3.28. The predicted octanol–water partition coefficient (Wildman–Crippen LogP) is 4.37. The maximum atomic E-state index is 12.3. The largest absolute Gasteiger partial charge is 0.449 e. The first-order valence-electron chi connectivity index (χ1n) is 9.12. The number of hydrogen-bond donors (Lipinski definition) is 1. The minimum atomic E-state index is -0.996. The molecule has 1 aromatic heterocycles. The summed E-state index contributed by atoms with van der Waals surface area (Å²) in [4.78, 5) is 39.6. The molecule has 0 aliphatic heterocycles. The third kappa shape index (κ3) is 5.14. The summed E-state index contributed by atoms with van der Waals surface area (Å²) in [6.45, 7) is 3.59. The van der Waals surface area contributed by atoms with Gasteiger partial charge in [0.05, 0.1) is 11.3 Å². The van der Waals surface area contributed by atoms with Gasteiger partial charge in [0.2, 0.25) is 0 Å². The molecule has 1 N–H and O–H groups in total. The van der Waals surface area contributed by atoms with Gasteiger partial charge in [0, 0.05) is 16.5 Å². The average molecular weight is 408 g/mol. The highest BCUT2D eigenvalue weighted by molar-refractivity contribution is 7.14. The maximum absolute atomic E-state index is 12.3. The molecule has 0 bridgehead atoms. The first-order valence-corrected chi connectivity index (χ1v) is 10.00. The molecule has 0 saturated carbocycles. The number of hydrogen-bond acceptors (Lipinski definition) is 6. The number of amides is 1. The second-order valence-corrected chi connectivity index (χ2v) is 7.22. The van der Waals surface area contributed by atoms with Crippen molar-refractivity contribution in [3.8, 4) is 11.3 Å². The zero-order valence-electron chi connectivity index (χ0n) is 16.0. The zero-order chi connectivity index (χ0) is 20.8. The van der Waals surface area contributed by atoms with E-state index in [2.05, 4.69) is 29.4 Å². The Kier molecular flexibility index (Phi) is 6.51. The standard InChI is InChI=1S/C22H20N2O4S/c1-3-15-4-8-17(9-5-15)19-13-29-22(23-19)24-20(26)14(2)28-21(27)18-10-6-16(12-25)7-11-18/h4-14H,3H2,1-2H3,(H,23,24,26)/t14-/m1/s1. The molecule has 3 aromatic rings. The summed E-state index contributed by atoms with van der Waals surface area (Å²) in [7, 11) is 0. The van der Waals surface area contributed by atoms with Gasteiger partial charge in [-0.05, 0) is 31.0 Å². The molecule has 2 aromatic carbocycles. The highest BCUT2D eigenvalue weighted by atomic mass is 32.1. The summed E-state index contributed by atoms with van der Waals surface area (Å²) in [5.74, 6) is -1.11. The van der Waals surface area contributed by atoms with Crippen LogP contribution in [0, 0.1) is 0 Å². The lowest BCUT2D eigenvalue weighted by Crippen LogP contribution is -2.30. The van der Waals surface area contributed by atoms with Crippen LogP contribution in [-0.4, -0.2) is 29.3 Å². The van der Waals surface area contributed by atoms with Crippen molar-refractivity contribution in [1.82, 2.24) is 4.98 Å². The Morgan fingerprint density at radius 3 is 2.45 bits per heavy atom. The molecule has 0 spiro atoms. The van der Waals surface area contributed by atoms with Crippen LogP contribution in [0.15, 0.2) is 53.9 Å². The number of ether oxygens (including phenoxy) is 1. The summed E-state index contributed by atoms with van der Waals surface area (Å²) in [6.07, 6.45) is 0.659. The molecule has 3 rings (SSSR count). The van der Waals surface area contributed by atoms with Crippen LogP contribution in [0.3, 0.4) is 0 Å². The number of carbonyl (C=O) groups excluding carboxylic acids is 3. The second-order valence-electron chi connectivity index (χ2n) is 6.37. The van der Waals surface area contributed by atoms with Gasteiger partial charge in [-0.15, -0.1) is 11.3 Å². The van der Waals surface area contributed by atoms with E-state index in [1.54, 1.807) is 0 Å². The molecular weight excluding hydrogens is 388 g/mol. The molecule has 0 aliphatic rings. The van der Waals surface area contributed by atoms with Gasteiger partial charge < -0.3 is 4.74 Å². The van der Waals surface area contributed by atoms with Crippen molar-refractivity contribution in [1.29, 1.82) is 0 Å². The predicted molar refractivity (Wildman–Crippen MR) is 112 cm³/mol. The molecule has 29 heavy (non-hydrogen) atoms. The van der Waals surface area contributed by atoms with Crippen molar-refractivity contribution in [3.05, 3.63) is 70.6 Å². The average Bonchev–Trinajstić information content (AvgIpc) is 3.22. The van der Waals surface area contributed by atoms with Gasteiger partial charge in [-0.1, -0.05) is 43.3 Å². The Morgan fingerprint density at radius 2 is 1.83 bits per heavy atom. The fourth-order valence-electron chi connectivity index (χ4n) is 2.56. The Labute approximate surface area is 172 Å². The van der Waals surface area contributed by atoms with Gasteiger partial charge in [0.15, 0.2) is 11.2 Å². The number of aldehydes is 1. The maximum Gasteiger partial charge on any atom is 0.338 e. The van der Waals surface area contributed by atoms with Crippen molar-refractivity contribution in [3.63, 3.8) is 0 Å².